The molecule has 1 aliphatic heterocycles. The van der Waals surface area contributed by atoms with Gasteiger partial charge in [0.15, 0.2) is 0 Å². The summed E-state index contributed by atoms with van der Waals surface area (Å²) in [6.07, 6.45) is 3.73. The SMILES string of the molecule is Cc1cc(C)n(-c2ccc(C(=O)N3CCCC(c4nncn4C)C3)cc2)n1. The molecule has 0 bridgehead atoms. The zero-order valence-electron chi connectivity index (χ0n) is 16.0. The standard InChI is InChI=1S/C20H24N6O/c1-14-11-15(2)26(23-14)18-8-6-16(7-9-18)20(27)25-10-4-5-17(12-25)19-22-21-13-24(19)3/h6-9,11,13,17H,4-5,10,12H2,1-3H3. The highest BCUT2D eigenvalue weighted by Gasteiger charge is 2.28. The molecule has 1 unspecified atom stereocenters. The van der Waals surface area contributed by atoms with Crippen LogP contribution in [0.3, 0.4) is 0 Å². The Kier molecular flexibility index (Phi) is 4.51. The predicted octanol–water partition coefficient (Wildman–Crippen LogP) is 2.64. The average Bonchev–Trinajstić information content (AvgIpc) is 3.26. The topological polar surface area (TPSA) is 68.8 Å². The van der Waals surface area contributed by atoms with Crippen LogP contribution in [0.15, 0.2) is 36.7 Å². The van der Waals surface area contributed by atoms with Gasteiger partial charge in [-0.15, -0.1) is 10.2 Å². The van der Waals surface area contributed by atoms with Crippen LogP contribution in [0.4, 0.5) is 0 Å². The summed E-state index contributed by atoms with van der Waals surface area (Å²) < 4.78 is 3.84. The maximum absolute atomic E-state index is 13.0. The predicted molar refractivity (Wildman–Crippen MR) is 102 cm³/mol. The number of carbonyl (C=O) groups is 1. The van der Waals surface area contributed by atoms with E-state index in [2.05, 4.69) is 15.3 Å². The summed E-state index contributed by atoms with van der Waals surface area (Å²) in [6, 6.07) is 9.73. The van der Waals surface area contributed by atoms with Gasteiger partial charge in [-0.25, -0.2) is 4.68 Å². The number of nitrogens with zero attached hydrogens (tertiary/aromatic N) is 6. The summed E-state index contributed by atoms with van der Waals surface area (Å²) in [6.45, 7) is 5.47. The third-order valence-corrected chi connectivity index (χ3v) is 5.19. The molecule has 140 valence electrons. The molecule has 1 aromatic carbocycles. The highest BCUT2D eigenvalue weighted by molar-refractivity contribution is 5.94. The van der Waals surface area contributed by atoms with Crippen LogP contribution >= 0.6 is 0 Å². The average molecular weight is 364 g/mol. The van der Waals surface area contributed by atoms with Gasteiger partial charge in [0, 0.05) is 37.3 Å². The second-order valence-corrected chi connectivity index (χ2v) is 7.28. The lowest BCUT2D eigenvalue weighted by Crippen LogP contribution is -2.39. The van der Waals surface area contributed by atoms with Crippen molar-refractivity contribution in [2.75, 3.05) is 13.1 Å². The van der Waals surface area contributed by atoms with E-state index in [1.165, 1.54) is 0 Å². The Morgan fingerprint density at radius 1 is 1.19 bits per heavy atom. The second-order valence-electron chi connectivity index (χ2n) is 7.28. The van der Waals surface area contributed by atoms with E-state index >= 15 is 0 Å². The number of aryl methyl sites for hydroxylation is 3. The zero-order valence-corrected chi connectivity index (χ0v) is 16.0. The number of hydrogen-bond acceptors (Lipinski definition) is 4. The number of carbonyl (C=O) groups excluding carboxylic acids is 1. The van der Waals surface area contributed by atoms with Crippen molar-refractivity contribution < 1.29 is 4.79 Å². The van der Waals surface area contributed by atoms with Gasteiger partial charge in [-0.05, 0) is 57.0 Å². The van der Waals surface area contributed by atoms with Crippen molar-refractivity contribution >= 4 is 5.91 Å². The Bertz CT molecular complexity index is 955. The zero-order chi connectivity index (χ0) is 19.0. The van der Waals surface area contributed by atoms with Crippen molar-refractivity contribution in [2.45, 2.75) is 32.6 Å². The van der Waals surface area contributed by atoms with Gasteiger partial charge in [0.25, 0.3) is 5.91 Å². The molecule has 7 nitrogen and oxygen atoms in total. The van der Waals surface area contributed by atoms with Gasteiger partial charge < -0.3 is 9.47 Å². The van der Waals surface area contributed by atoms with Crippen LogP contribution < -0.4 is 0 Å². The largest absolute Gasteiger partial charge is 0.338 e. The van der Waals surface area contributed by atoms with E-state index in [9.17, 15) is 4.79 Å². The Balaban J connectivity index is 1.50. The summed E-state index contributed by atoms with van der Waals surface area (Å²) in [7, 11) is 1.95. The van der Waals surface area contributed by atoms with Crippen LogP contribution in [-0.4, -0.2) is 48.4 Å². The van der Waals surface area contributed by atoms with Crippen LogP contribution in [0.1, 0.15) is 46.3 Å². The first-order chi connectivity index (χ1) is 13.0. The molecule has 0 N–H and O–H groups in total. The van der Waals surface area contributed by atoms with Crippen LogP contribution in [0.25, 0.3) is 5.69 Å². The molecule has 0 spiro atoms. The molecule has 1 fully saturated rings. The lowest BCUT2D eigenvalue weighted by atomic mass is 9.96. The first-order valence-corrected chi connectivity index (χ1v) is 9.30. The molecule has 0 aliphatic carbocycles. The van der Waals surface area contributed by atoms with Crippen LogP contribution in [0.5, 0.6) is 0 Å². The van der Waals surface area contributed by atoms with Crippen molar-refractivity contribution in [3.63, 3.8) is 0 Å². The van der Waals surface area contributed by atoms with E-state index in [1.54, 1.807) is 6.33 Å². The number of amides is 1. The third-order valence-electron chi connectivity index (χ3n) is 5.19. The molecule has 1 amide bonds. The lowest BCUT2D eigenvalue weighted by molar-refractivity contribution is 0.0703. The molecular formula is C20H24N6O. The third kappa shape index (κ3) is 3.37. The van der Waals surface area contributed by atoms with E-state index in [4.69, 9.17) is 0 Å². The number of aromatic nitrogens is 5. The Morgan fingerprint density at radius 2 is 1.96 bits per heavy atom. The summed E-state index contributed by atoms with van der Waals surface area (Å²) in [5, 5.41) is 12.7. The van der Waals surface area contributed by atoms with Gasteiger partial charge >= 0.3 is 0 Å². The van der Waals surface area contributed by atoms with Gasteiger partial charge in [0.1, 0.15) is 12.2 Å². The number of rotatable bonds is 3. The fraction of sp³-hybridized carbons (Fsp3) is 0.400. The van der Waals surface area contributed by atoms with Crippen molar-refractivity contribution in [3.05, 3.63) is 59.4 Å². The van der Waals surface area contributed by atoms with E-state index < -0.39 is 0 Å². The highest BCUT2D eigenvalue weighted by atomic mass is 16.2. The normalized spacial score (nSPS) is 17.3. The second kappa shape index (κ2) is 6.98. The Morgan fingerprint density at radius 3 is 2.59 bits per heavy atom. The van der Waals surface area contributed by atoms with E-state index in [0.29, 0.717) is 12.1 Å². The molecule has 1 aliphatic rings. The molecule has 3 aromatic rings. The highest BCUT2D eigenvalue weighted by Crippen LogP contribution is 2.26. The maximum Gasteiger partial charge on any atom is 0.253 e. The van der Waals surface area contributed by atoms with Crippen LogP contribution in [0.2, 0.25) is 0 Å². The lowest BCUT2D eigenvalue weighted by Gasteiger charge is -2.32. The van der Waals surface area contributed by atoms with E-state index in [-0.39, 0.29) is 11.8 Å². The minimum absolute atomic E-state index is 0.0711. The van der Waals surface area contributed by atoms with Crippen LogP contribution in [0, 0.1) is 13.8 Å². The summed E-state index contributed by atoms with van der Waals surface area (Å²) in [4.78, 5) is 14.9. The molecule has 7 heteroatoms. The fourth-order valence-electron chi connectivity index (χ4n) is 3.85. The summed E-state index contributed by atoms with van der Waals surface area (Å²) >= 11 is 0. The van der Waals surface area contributed by atoms with Crippen molar-refractivity contribution in [1.82, 2.24) is 29.4 Å². The molecule has 4 rings (SSSR count). The quantitative estimate of drug-likeness (QED) is 0.716. The van der Waals surface area contributed by atoms with Gasteiger partial charge in [-0.2, -0.15) is 5.10 Å². The summed E-state index contributed by atoms with van der Waals surface area (Å²) in [5.41, 5.74) is 3.73. The molecule has 27 heavy (non-hydrogen) atoms. The minimum atomic E-state index is 0.0711. The molecule has 3 heterocycles. The maximum atomic E-state index is 13.0. The molecule has 1 saturated heterocycles. The van der Waals surface area contributed by atoms with Crippen molar-refractivity contribution in [3.8, 4) is 5.69 Å². The summed E-state index contributed by atoms with van der Waals surface area (Å²) in [5.74, 6) is 1.26. The molecular weight excluding hydrogens is 340 g/mol. The molecule has 0 radical (unpaired) electrons. The van der Waals surface area contributed by atoms with Gasteiger partial charge in [-0.1, -0.05) is 0 Å². The van der Waals surface area contributed by atoms with E-state index in [0.717, 1.165) is 42.3 Å². The minimum Gasteiger partial charge on any atom is -0.338 e. The smallest absolute Gasteiger partial charge is 0.253 e. The van der Waals surface area contributed by atoms with Gasteiger partial charge in [0.05, 0.1) is 11.4 Å². The molecule has 1 atom stereocenters. The fourth-order valence-corrected chi connectivity index (χ4v) is 3.85. The monoisotopic (exact) mass is 364 g/mol. The first-order valence-electron chi connectivity index (χ1n) is 9.30. The van der Waals surface area contributed by atoms with E-state index in [1.807, 2.05) is 65.4 Å². The van der Waals surface area contributed by atoms with Crippen molar-refractivity contribution in [1.29, 1.82) is 0 Å². The van der Waals surface area contributed by atoms with Crippen LogP contribution in [-0.2, 0) is 7.05 Å². The number of likely N-dealkylation sites (tertiary alicyclic amines) is 1. The molecule has 2 aromatic heterocycles. The first kappa shape index (κ1) is 17.5. The number of piperidine rings is 1. The number of hydrogen-bond donors (Lipinski definition) is 0. The Labute approximate surface area is 158 Å². The number of benzene rings is 1. The van der Waals surface area contributed by atoms with Gasteiger partial charge in [-0.3, -0.25) is 4.79 Å². The van der Waals surface area contributed by atoms with Gasteiger partial charge in [0.2, 0.25) is 0 Å². The molecule has 0 saturated carbocycles. The Hall–Kier alpha value is -2.96. The van der Waals surface area contributed by atoms with Crippen molar-refractivity contribution in [2.24, 2.45) is 7.05 Å².